The summed E-state index contributed by atoms with van der Waals surface area (Å²) >= 11 is 0. The lowest BCUT2D eigenvalue weighted by Crippen LogP contribution is -2.50. The molecule has 0 aliphatic carbocycles. The molecule has 1 aromatic heterocycles. The van der Waals surface area contributed by atoms with Crippen molar-refractivity contribution in [2.45, 2.75) is 76.6 Å². The van der Waals surface area contributed by atoms with E-state index >= 15 is 0 Å². The molecule has 53 heavy (non-hydrogen) atoms. The number of aliphatic hydroxyl groups excluding tert-OH is 1. The van der Waals surface area contributed by atoms with Crippen LogP contribution in [0.2, 0.25) is 0 Å². The summed E-state index contributed by atoms with van der Waals surface area (Å²) in [6.45, 7) is 4.69. The molecule has 0 unspecified atom stereocenters. The van der Waals surface area contributed by atoms with Crippen molar-refractivity contribution in [3.63, 3.8) is 0 Å². The molecule has 2 amide bonds. The summed E-state index contributed by atoms with van der Waals surface area (Å²) in [5.74, 6) is 0.385. The molecular formula is C41H50N6O6. The van der Waals surface area contributed by atoms with Crippen molar-refractivity contribution in [2.24, 2.45) is 0 Å². The maximum Gasteiger partial charge on any atom is 0.243 e. The number of nitrogens with one attached hydrogen (secondary N) is 2. The average Bonchev–Trinajstić information content (AvgIpc) is 3.22. The maximum absolute atomic E-state index is 12.5. The van der Waals surface area contributed by atoms with Crippen LogP contribution in [0.3, 0.4) is 0 Å². The quantitative estimate of drug-likeness (QED) is 0.0667. The third-order valence-corrected chi connectivity index (χ3v) is 9.88. The van der Waals surface area contributed by atoms with Gasteiger partial charge in [-0.2, -0.15) is 0 Å². The number of unbranched alkanes of at least 4 members (excludes halogenated alkanes) is 3. The highest BCUT2D eigenvalue weighted by Gasteiger charge is 2.34. The van der Waals surface area contributed by atoms with Crippen LogP contribution in [-0.2, 0) is 32.2 Å². The van der Waals surface area contributed by atoms with Crippen molar-refractivity contribution in [1.82, 2.24) is 25.7 Å². The van der Waals surface area contributed by atoms with Gasteiger partial charge in [0.25, 0.3) is 0 Å². The molecule has 280 valence electrons. The van der Waals surface area contributed by atoms with Gasteiger partial charge in [0.05, 0.1) is 18.8 Å². The molecule has 4 N–H and O–H groups in total. The zero-order valence-electron chi connectivity index (χ0n) is 30.1. The standard InChI is InChI=1S/C41H50N6O6/c48-29-30-14-16-32(17-15-30)37-26-36(28-46-20-22-47(23-21-46)41-42-18-7-19-43-41)52-40(53-37)35-11-6-10-34(25-35)33-9-5-8-31(24-33)27-44-38(49)12-3-1-2-4-13-39(50)45-51/h5-11,14-19,24-25,36-37,40,48,51H,1-4,12-13,20-23,26-29H2,(H,44,49)(H,45,50)/t36-,37+,40+/m0/s1. The molecule has 3 aromatic carbocycles. The molecule has 6 rings (SSSR count). The number of hydrogen-bond donors (Lipinski definition) is 4. The zero-order chi connectivity index (χ0) is 36.8. The summed E-state index contributed by atoms with van der Waals surface area (Å²) in [5, 5.41) is 21.2. The number of hydrogen-bond acceptors (Lipinski definition) is 10. The van der Waals surface area contributed by atoms with Crippen LogP contribution in [0.1, 0.15) is 79.6 Å². The van der Waals surface area contributed by atoms with E-state index < -0.39 is 6.29 Å². The average molecular weight is 723 g/mol. The topological polar surface area (TPSA) is 149 Å². The first-order valence-corrected chi connectivity index (χ1v) is 18.6. The predicted molar refractivity (Wildman–Crippen MR) is 200 cm³/mol. The van der Waals surface area contributed by atoms with Crippen molar-refractivity contribution < 1.29 is 29.4 Å². The highest BCUT2D eigenvalue weighted by Crippen LogP contribution is 2.39. The second kappa shape index (κ2) is 19.4. The molecule has 0 saturated carbocycles. The van der Waals surface area contributed by atoms with Crippen LogP contribution < -0.4 is 15.7 Å². The lowest BCUT2D eigenvalue weighted by atomic mass is 9.98. The number of piperazine rings is 1. The molecule has 4 aromatic rings. The number of anilines is 1. The zero-order valence-corrected chi connectivity index (χ0v) is 30.1. The molecule has 2 aliphatic heterocycles. The summed E-state index contributed by atoms with van der Waals surface area (Å²) in [5.41, 5.74) is 7.57. The molecule has 0 spiro atoms. The van der Waals surface area contributed by atoms with Crippen molar-refractivity contribution in [1.29, 1.82) is 0 Å². The minimum absolute atomic E-state index is 0.000651. The maximum atomic E-state index is 12.5. The highest BCUT2D eigenvalue weighted by molar-refractivity contribution is 5.76. The third kappa shape index (κ3) is 11.1. The molecule has 3 atom stereocenters. The Hall–Kier alpha value is -4.72. The molecule has 0 radical (unpaired) electrons. The van der Waals surface area contributed by atoms with Crippen LogP contribution in [0, 0.1) is 0 Å². The molecule has 3 heterocycles. The van der Waals surface area contributed by atoms with Gasteiger partial charge in [-0.3, -0.25) is 19.7 Å². The lowest BCUT2D eigenvalue weighted by molar-refractivity contribution is -0.253. The van der Waals surface area contributed by atoms with Crippen molar-refractivity contribution >= 4 is 17.8 Å². The summed E-state index contributed by atoms with van der Waals surface area (Å²) < 4.78 is 13.4. The van der Waals surface area contributed by atoms with Crippen LogP contribution >= 0.6 is 0 Å². The van der Waals surface area contributed by atoms with Crippen molar-refractivity contribution in [3.8, 4) is 11.1 Å². The minimum atomic E-state index is -0.565. The smallest absolute Gasteiger partial charge is 0.243 e. The Balaban J connectivity index is 1.08. The van der Waals surface area contributed by atoms with E-state index in [2.05, 4.69) is 49.4 Å². The SMILES string of the molecule is O=C(CCCCCCC(=O)NCc1cccc(-c2cccc([C@@H]3O[C@H](CN4CCN(c5ncccn5)CC4)C[C@H](c4ccc(CO)cc4)O3)c2)c1)NO. The first-order valence-electron chi connectivity index (χ1n) is 18.6. The third-order valence-electron chi connectivity index (χ3n) is 9.88. The Morgan fingerprint density at radius 2 is 1.45 bits per heavy atom. The van der Waals surface area contributed by atoms with E-state index in [0.29, 0.717) is 25.8 Å². The van der Waals surface area contributed by atoms with E-state index in [9.17, 15) is 14.7 Å². The molecule has 2 fully saturated rings. The summed E-state index contributed by atoms with van der Waals surface area (Å²) in [6, 6.07) is 26.3. The van der Waals surface area contributed by atoms with Gasteiger partial charge in [-0.15, -0.1) is 0 Å². The number of aliphatic hydroxyl groups is 1. The van der Waals surface area contributed by atoms with E-state index in [4.69, 9.17) is 14.7 Å². The molecule has 12 heteroatoms. The van der Waals surface area contributed by atoms with E-state index in [0.717, 1.165) is 91.3 Å². The fourth-order valence-corrected chi connectivity index (χ4v) is 6.90. The number of carbonyl (C=O) groups is 2. The predicted octanol–water partition coefficient (Wildman–Crippen LogP) is 5.47. The van der Waals surface area contributed by atoms with Gasteiger partial charge in [-0.05, 0) is 58.9 Å². The minimum Gasteiger partial charge on any atom is -0.392 e. The van der Waals surface area contributed by atoms with Crippen LogP contribution in [-0.4, -0.2) is 75.8 Å². The number of hydroxylamine groups is 1. The van der Waals surface area contributed by atoms with E-state index in [1.165, 1.54) is 0 Å². The molecule has 2 aliphatic rings. The number of amides is 2. The van der Waals surface area contributed by atoms with Gasteiger partial charge in [0.2, 0.25) is 17.8 Å². The van der Waals surface area contributed by atoms with Crippen LogP contribution in [0.4, 0.5) is 5.95 Å². The molecule has 0 bridgehead atoms. The lowest BCUT2D eigenvalue weighted by Gasteiger charge is -2.40. The number of benzene rings is 3. The van der Waals surface area contributed by atoms with Crippen LogP contribution in [0.15, 0.2) is 91.3 Å². The monoisotopic (exact) mass is 722 g/mol. The summed E-state index contributed by atoms with van der Waals surface area (Å²) in [4.78, 5) is 37.1. The second-order valence-electron chi connectivity index (χ2n) is 13.7. The summed E-state index contributed by atoms with van der Waals surface area (Å²) in [6.07, 6.45) is 7.33. The van der Waals surface area contributed by atoms with Gasteiger partial charge in [0.1, 0.15) is 0 Å². The number of nitrogens with zero attached hydrogens (tertiary/aromatic N) is 4. The fraction of sp³-hybridized carbons (Fsp3) is 0.415. The number of ether oxygens (including phenoxy) is 2. The van der Waals surface area contributed by atoms with Crippen molar-refractivity contribution in [2.75, 3.05) is 37.6 Å². The van der Waals surface area contributed by atoms with Crippen molar-refractivity contribution in [3.05, 3.63) is 114 Å². The Bertz CT molecular complexity index is 1750. The van der Waals surface area contributed by atoms with Gasteiger partial charge in [-0.1, -0.05) is 73.5 Å². The first kappa shape index (κ1) is 38.0. The van der Waals surface area contributed by atoms with E-state index in [1.54, 1.807) is 17.9 Å². The Labute approximate surface area is 311 Å². The molecular weight excluding hydrogens is 672 g/mol. The number of rotatable bonds is 16. The number of carbonyl (C=O) groups excluding carboxylic acids is 2. The second-order valence-corrected chi connectivity index (χ2v) is 13.7. The highest BCUT2D eigenvalue weighted by atomic mass is 16.7. The first-order chi connectivity index (χ1) is 26.0. The molecule has 12 nitrogen and oxygen atoms in total. The van der Waals surface area contributed by atoms with Crippen LogP contribution in [0.25, 0.3) is 11.1 Å². The van der Waals surface area contributed by atoms with Gasteiger partial charge < -0.3 is 24.8 Å². The van der Waals surface area contributed by atoms with Crippen LogP contribution in [0.5, 0.6) is 0 Å². The van der Waals surface area contributed by atoms with E-state index in [1.807, 2.05) is 54.6 Å². The molecule has 2 saturated heterocycles. The Morgan fingerprint density at radius 1 is 0.755 bits per heavy atom. The summed E-state index contributed by atoms with van der Waals surface area (Å²) in [7, 11) is 0. The van der Waals surface area contributed by atoms with Gasteiger partial charge in [0, 0.05) is 76.5 Å². The van der Waals surface area contributed by atoms with Gasteiger partial charge in [0.15, 0.2) is 6.29 Å². The normalized spacial score (nSPS) is 19.1. The Kier molecular flexibility index (Phi) is 13.9. The largest absolute Gasteiger partial charge is 0.392 e. The number of aromatic nitrogens is 2. The van der Waals surface area contributed by atoms with E-state index in [-0.39, 0.29) is 37.0 Å². The Morgan fingerprint density at radius 3 is 2.17 bits per heavy atom. The van der Waals surface area contributed by atoms with Gasteiger partial charge >= 0.3 is 0 Å². The fourth-order valence-electron chi connectivity index (χ4n) is 6.90. The van der Waals surface area contributed by atoms with Gasteiger partial charge in [-0.25, -0.2) is 15.4 Å².